The van der Waals surface area contributed by atoms with Gasteiger partial charge in [0, 0.05) is 6.04 Å². The first kappa shape index (κ1) is 91.6. The molecular formula is C64H100Cl2N14O17S4. The van der Waals surface area contributed by atoms with Crippen LogP contribution < -0.4 is 33.2 Å². The number of aliphatic carboxylic acids is 1. The molecule has 8 atom stereocenters. The van der Waals surface area contributed by atoms with E-state index in [4.69, 9.17) is 74.0 Å². The van der Waals surface area contributed by atoms with Gasteiger partial charge in [-0.1, -0.05) is 91.8 Å². The summed E-state index contributed by atoms with van der Waals surface area (Å²) in [4.78, 5) is 73.4. The summed E-state index contributed by atoms with van der Waals surface area (Å²) in [5.41, 5.74) is 14.7. The smallest absolute Gasteiger partial charge is 0.407 e. The lowest BCUT2D eigenvalue weighted by molar-refractivity contribution is -0.155. The van der Waals surface area contributed by atoms with Crippen LogP contribution in [0.3, 0.4) is 0 Å². The highest BCUT2D eigenvalue weighted by Gasteiger charge is 2.32. The number of carbonyl (C=O) groups excluding carboxylic acids is 4. The number of azo groups is 1. The Morgan fingerprint density at radius 3 is 1.36 bits per heavy atom. The number of hydrogen-bond acceptors (Lipinski definition) is 29. The summed E-state index contributed by atoms with van der Waals surface area (Å²) < 4.78 is 25.3. The minimum atomic E-state index is -1.63. The van der Waals surface area contributed by atoms with Crippen LogP contribution in [-0.4, -0.2) is 164 Å². The van der Waals surface area contributed by atoms with Crippen molar-refractivity contribution < 1.29 is 82.8 Å². The average Bonchev–Trinajstić information content (AvgIpc) is 1.74. The molecule has 31 nitrogen and oxygen atoms in total. The van der Waals surface area contributed by atoms with Crippen LogP contribution in [-0.2, 0) is 28.6 Å². The number of nitrogens with two attached hydrogens (primary N) is 3. The fraction of sp³-hybridized carbons (Fsp3) is 0.578. The van der Waals surface area contributed by atoms with Gasteiger partial charge in [0.15, 0.2) is 30.0 Å². The summed E-state index contributed by atoms with van der Waals surface area (Å²) in [7, 11) is 0. The molecule has 1 aliphatic carbocycles. The van der Waals surface area contributed by atoms with Crippen LogP contribution in [0, 0.1) is 0 Å². The van der Waals surface area contributed by atoms with Gasteiger partial charge in [0.25, 0.3) is 11.8 Å². The molecule has 15 N–H and O–H groups in total. The number of halogens is 2. The largest absolute Gasteiger partial charge is 0.479 e. The van der Waals surface area contributed by atoms with Gasteiger partial charge in [-0.15, -0.1) is 68.5 Å². The van der Waals surface area contributed by atoms with Crippen molar-refractivity contribution in [1.82, 2.24) is 36.2 Å². The molecule has 7 rings (SSSR count). The number of aromatic nitrogens is 4. The molecule has 6 heterocycles. The first-order valence-electron chi connectivity index (χ1n) is 32.0. The van der Waals surface area contributed by atoms with Gasteiger partial charge < -0.3 is 92.0 Å². The number of rotatable bonds is 22. The number of amides is 3. The third-order valence-electron chi connectivity index (χ3n) is 12.7. The molecule has 6 aromatic rings. The Bertz CT molecular complexity index is 3320. The van der Waals surface area contributed by atoms with Crippen molar-refractivity contribution in [3.8, 4) is 21.4 Å². The number of carboxylic acids is 1. The van der Waals surface area contributed by atoms with E-state index in [9.17, 15) is 44.4 Å². The second-order valence-corrected chi connectivity index (χ2v) is 28.9. The molecule has 3 amide bonds. The Kier molecular flexibility index (Phi) is 43.9. The number of alkyl carbamates (subject to hydrolysis) is 3. The number of thiophene rings is 4. The molecule has 0 radical (unpaired) electrons. The number of carboxylic acid groups (broad SMARTS) is 1. The maximum absolute atomic E-state index is 11.9. The third-order valence-corrected chi connectivity index (χ3v) is 16.2. The lowest BCUT2D eigenvalue weighted by Crippen LogP contribution is -2.48. The van der Waals surface area contributed by atoms with Crippen molar-refractivity contribution in [3.63, 3.8) is 0 Å². The highest BCUT2D eigenvalue weighted by atomic mass is 35.5. The second-order valence-electron chi connectivity index (χ2n) is 24.3. The van der Waals surface area contributed by atoms with Gasteiger partial charge in [-0.05, 0) is 154 Å². The van der Waals surface area contributed by atoms with Gasteiger partial charge in [0.1, 0.15) is 22.9 Å². The first-order valence-corrected chi connectivity index (χ1v) is 36.6. The minimum absolute atomic E-state index is 0.0266. The van der Waals surface area contributed by atoms with Gasteiger partial charge in [-0.2, -0.15) is 20.2 Å². The predicted octanol–water partition coefficient (Wildman–Crippen LogP) is 12.1. The molecule has 0 aliphatic heterocycles. The van der Waals surface area contributed by atoms with E-state index in [0.717, 1.165) is 21.2 Å². The predicted molar refractivity (Wildman–Crippen MR) is 390 cm³/mol. The summed E-state index contributed by atoms with van der Waals surface area (Å²) in [6, 6.07) is 12.6. The minimum Gasteiger partial charge on any atom is -0.479 e. The standard InChI is InChI=1S/C15H23N3O5S.C15H21N3O4S.C10H13N3O2S.C10H19NO5.C8H16N2.C5H6N2OS.CH2Cl2/c1-5-9(17-14(21)22-15(2,3)4)11(19)13(20)23-18-12(16)10-7-6-8-24-10;1-5-9(16-14(20)21-15(2,3)4)11(19)13-17-12(18-22-13)10-7-6-8-23-10;1-2-6(11)8(14)10-12-9(13-15-10)7-4-3-5-16-7;1-5-6(7(12)8(13)14)11-9(15)16-10(2,3)4;1-2-9-10-8-6-4-3-5-7-8;6-5(7-8)4-2-1-3-9-4;2-1-3/h6-9,11,19H,5H2,1-4H3,(H2,16,18)(H,17,21);6-9,11,19H,5H2,1-4H3,(H,16,20);3-6,8,14H,2,11H2,1H3;6-7,12H,5H2,1-4H3,(H,11,15)(H,13,14);8H,2-7H2,1H3;1-3,8H,(H2,6,7);1H2/t2*9-,11?;6-,8?;6-,7?;;;/m0000.../s1. The third kappa shape index (κ3) is 38.4. The summed E-state index contributed by atoms with van der Waals surface area (Å²) in [6.07, 6.45) is 1.08. The Hall–Kier alpha value is -7.45. The number of nitrogens with zero attached hydrogens (tertiary/aromatic N) is 8. The lowest BCUT2D eigenvalue weighted by Gasteiger charge is -2.24. The van der Waals surface area contributed by atoms with E-state index in [1.807, 2.05) is 67.2 Å². The number of alkyl halides is 2. The summed E-state index contributed by atoms with van der Waals surface area (Å²) in [6.45, 7) is 25.5. The highest BCUT2D eigenvalue weighted by molar-refractivity contribution is 7.14. The molecule has 101 heavy (non-hydrogen) atoms. The molecule has 1 saturated carbocycles. The normalized spacial score (nSPS) is 14.9. The van der Waals surface area contributed by atoms with Gasteiger partial charge >= 0.3 is 30.2 Å². The van der Waals surface area contributed by atoms with Crippen LogP contribution in [0.15, 0.2) is 99.6 Å². The highest BCUT2D eigenvalue weighted by Crippen LogP contribution is 2.27. The summed E-state index contributed by atoms with van der Waals surface area (Å²) in [5, 5.41) is 93.5. The van der Waals surface area contributed by atoms with Crippen LogP contribution >= 0.6 is 68.5 Å². The SMILES string of the molecule is CCN=NC1CCCCC1.CC[C@H](N)C(O)c1nc(-c2cccs2)no1.CC[C@H](NC(=O)OC(C)(C)C)C(O)C(=O)O.CC[C@H](NC(=O)OC(C)(C)C)C(O)C(=O)O/N=C(\N)c1cccs1.CC[C@H](NC(=O)OC(C)(C)C)C(O)c1nc(-c2cccs2)no1.ClCCl.N/C(=N\O)c1cccs1. The number of amidine groups is 2. The zero-order chi connectivity index (χ0) is 76.5. The molecule has 1 fully saturated rings. The Morgan fingerprint density at radius 2 is 1.00 bits per heavy atom. The molecule has 0 spiro atoms. The van der Waals surface area contributed by atoms with Gasteiger partial charge in [0.05, 0.1) is 55.6 Å². The summed E-state index contributed by atoms with van der Waals surface area (Å²) in [5.74, 6) is -1.04. The fourth-order valence-corrected chi connectivity index (χ4v) is 10.3. The molecule has 37 heteroatoms. The van der Waals surface area contributed by atoms with Gasteiger partial charge in [-0.3, -0.25) is 0 Å². The number of carbonyl (C=O) groups is 5. The Balaban J connectivity index is 0.000000618. The van der Waals surface area contributed by atoms with Gasteiger partial charge in [-0.25, -0.2) is 24.0 Å². The van der Waals surface area contributed by atoms with E-state index in [1.165, 1.54) is 77.5 Å². The van der Waals surface area contributed by atoms with Crippen LogP contribution in [0.1, 0.15) is 188 Å². The Labute approximate surface area is 614 Å². The number of aliphatic hydroxyl groups excluding tert-OH is 4. The summed E-state index contributed by atoms with van der Waals surface area (Å²) >= 11 is 15.3. The molecule has 0 aromatic carbocycles. The maximum atomic E-state index is 11.9. The molecule has 566 valence electrons. The molecular weight excluding hydrogens is 1440 g/mol. The van der Waals surface area contributed by atoms with Crippen molar-refractivity contribution in [2.75, 3.05) is 11.9 Å². The van der Waals surface area contributed by atoms with E-state index in [2.05, 4.69) is 61.6 Å². The van der Waals surface area contributed by atoms with E-state index in [0.29, 0.717) is 48.3 Å². The average molecular weight is 1540 g/mol. The molecule has 1 aliphatic rings. The van der Waals surface area contributed by atoms with Crippen molar-refractivity contribution in [3.05, 3.63) is 91.6 Å². The zero-order valence-electron chi connectivity index (χ0n) is 59.3. The zero-order valence-corrected chi connectivity index (χ0v) is 64.1. The van der Waals surface area contributed by atoms with Gasteiger partial charge in [0.2, 0.25) is 11.6 Å². The molecule has 6 aromatic heterocycles. The second kappa shape index (κ2) is 48.4. The van der Waals surface area contributed by atoms with E-state index in [-0.39, 0.29) is 34.8 Å². The molecule has 0 bridgehead atoms. The van der Waals surface area contributed by atoms with E-state index < -0.39 is 89.6 Å². The topological polar surface area (TPSA) is 485 Å². The molecule has 4 unspecified atom stereocenters. The number of oxime groups is 2. The maximum Gasteiger partial charge on any atom is 0.407 e. The van der Waals surface area contributed by atoms with Crippen molar-refractivity contribution in [1.29, 1.82) is 0 Å². The van der Waals surface area contributed by atoms with Crippen LogP contribution in [0.5, 0.6) is 0 Å². The van der Waals surface area contributed by atoms with Crippen LogP contribution in [0.4, 0.5) is 14.4 Å². The van der Waals surface area contributed by atoms with Crippen LogP contribution in [0.25, 0.3) is 21.4 Å². The fourth-order valence-electron chi connectivity index (χ4n) is 7.71. The van der Waals surface area contributed by atoms with Crippen molar-refractivity contribution in [2.24, 2.45) is 37.7 Å². The quantitative estimate of drug-likeness (QED) is 0.00439. The Morgan fingerprint density at radius 1 is 0.604 bits per heavy atom. The van der Waals surface area contributed by atoms with Crippen molar-refractivity contribution >= 4 is 110 Å². The number of nitrogens with one attached hydrogen (secondary N) is 3. The molecule has 0 saturated heterocycles. The lowest BCUT2D eigenvalue weighted by atomic mass is 9.96. The van der Waals surface area contributed by atoms with E-state index in [1.54, 1.807) is 99.7 Å². The van der Waals surface area contributed by atoms with E-state index >= 15 is 0 Å². The van der Waals surface area contributed by atoms with Crippen LogP contribution in [0.2, 0.25) is 0 Å². The number of ether oxygens (including phenoxy) is 3. The van der Waals surface area contributed by atoms with Crippen molar-refractivity contribution in [2.45, 2.75) is 226 Å². The monoisotopic (exact) mass is 1530 g/mol. The number of aliphatic hydroxyl groups is 4. The first-order chi connectivity index (χ1) is 47.5. The number of hydrogen-bond donors (Lipinski definition) is 12.